The lowest BCUT2D eigenvalue weighted by Gasteiger charge is -2.30. The summed E-state index contributed by atoms with van der Waals surface area (Å²) >= 11 is 0. The highest BCUT2D eigenvalue weighted by Gasteiger charge is 2.26. The third kappa shape index (κ3) is 5.10. The third-order valence-electron chi connectivity index (χ3n) is 5.26. The summed E-state index contributed by atoms with van der Waals surface area (Å²) in [6.07, 6.45) is 3.18. The van der Waals surface area contributed by atoms with E-state index in [1.165, 1.54) is 12.1 Å². The van der Waals surface area contributed by atoms with Gasteiger partial charge in [0.25, 0.3) is 5.69 Å². The van der Waals surface area contributed by atoms with Crippen LogP contribution in [0.25, 0.3) is 11.4 Å². The minimum Gasteiger partial charge on any atom is -0.338 e. The van der Waals surface area contributed by atoms with Crippen molar-refractivity contribution in [3.8, 4) is 11.4 Å². The molecule has 3 aromatic rings. The first-order valence-electron chi connectivity index (χ1n) is 10.0. The van der Waals surface area contributed by atoms with E-state index in [-0.39, 0.29) is 17.5 Å². The Kier molecular flexibility index (Phi) is 5.99. The number of rotatable bonds is 6. The van der Waals surface area contributed by atoms with E-state index in [2.05, 4.69) is 25.3 Å². The summed E-state index contributed by atoms with van der Waals surface area (Å²) in [5, 5.41) is 17.8. The van der Waals surface area contributed by atoms with Crippen LogP contribution in [0.5, 0.6) is 0 Å². The maximum atomic E-state index is 12.5. The number of non-ortho nitro benzene ring substituents is 1. The molecule has 3 heterocycles. The van der Waals surface area contributed by atoms with Gasteiger partial charge in [-0.15, -0.1) is 0 Å². The summed E-state index contributed by atoms with van der Waals surface area (Å²) in [7, 11) is 0. The van der Waals surface area contributed by atoms with E-state index in [1.807, 2.05) is 13.0 Å². The summed E-state index contributed by atoms with van der Waals surface area (Å²) in [5.41, 5.74) is 1.55. The van der Waals surface area contributed by atoms with Crippen LogP contribution in [0.3, 0.4) is 0 Å². The van der Waals surface area contributed by atoms with Crippen LogP contribution in [-0.4, -0.2) is 43.9 Å². The van der Waals surface area contributed by atoms with Crippen molar-refractivity contribution in [2.45, 2.75) is 26.3 Å². The van der Waals surface area contributed by atoms with Crippen molar-refractivity contribution in [1.82, 2.24) is 20.0 Å². The highest BCUT2D eigenvalue weighted by atomic mass is 16.6. The fourth-order valence-corrected chi connectivity index (χ4v) is 3.51. The number of benzene rings is 1. The molecule has 1 amide bonds. The van der Waals surface area contributed by atoms with Crippen molar-refractivity contribution in [1.29, 1.82) is 0 Å². The lowest BCUT2D eigenvalue weighted by Crippen LogP contribution is -2.37. The first-order chi connectivity index (χ1) is 15.0. The summed E-state index contributed by atoms with van der Waals surface area (Å²) in [6.45, 7) is 3.88. The fraction of sp³-hybridized carbons (Fsp3) is 0.333. The van der Waals surface area contributed by atoms with Gasteiger partial charge >= 0.3 is 0 Å². The van der Waals surface area contributed by atoms with Gasteiger partial charge in [-0.05, 0) is 44.5 Å². The van der Waals surface area contributed by atoms with Gasteiger partial charge in [0.05, 0.1) is 11.5 Å². The Labute approximate surface area is 178 Å². The SMILES string of the molecule is Cc1ccc(NC(=O)C2CCN(Cc3nc(-c4cccc([N+](=O)[O-])c4)no3)CC2)nc1. The van der Waals surface area contributed by atoms with E-state index in [4.69, 9.17) is 4.52 Å². The number of hydrogen-bond donors (Lipinski definition) is 1. The van der Waals surface area contributed by atoms with Crippen LogP contribution in [0.15, 0.2) is 47.1 Å². The Hall–Kier alpha value is -3.66. The molecule has 10 heteroatoms. The van der Waals surface area contributed by atoms with Crippen LogP contribution in [0.2, 0.25) is 0 Å². The number of pyridine rings is 1. The van der Waals surface area contributed by atoms with E-state index >= 15 is 0 Å². The van der Waals surface area contributed by atoms with Gasteiger partial charge in [0, 0.05) is 29.8 Å². The molecule has 1 aromatic carbocycles. The molecule has 1 saturated heterocycles. The Morgan fingerprint density at radius 3 is 2.81 bits per heavy atom. The minimum absolute atomic E-state index is 0.0123. The quantitative estimate of drug-likeness (QED) is 0.474. The molecule has 1 fully saturated rings. The number of carbonyl (C=O) groups excluding carboxylic acids is 1. The predicted octanol–water partition coefficient (Wildman–Crippen LogP) is 3.20. The number of carbonyl (C=O) groups is 1. The van der Waals surface area contributed by atoms with Crippen LogP contribution < -0.4 is 5.32 Å². The fourth-order valence-electron chi connectivity index (χ4n) is 3.51. The smallest absolute Gasteiger partial charge is 0.270 e. The standard InChI is InChI=1S/C21H22N6O4/c1-14-5-6-18(22-12-14)23-21(28)15-7-9-26(10-8-15)13-19-24-20(25-31-19)16-3-2-4-17(11-16)27(29)30/h2-6,11-12,15H,7-10,13H2,1H3,(H,22,23,28). The Morgan fingerprint density at radius 1 is 1.29 bits per heavy atom. The second-order valence-corrected chi connectivity index (χ2v) is 7.58. The molecule has 0 atom stereocenters. The van der Waals surface area contributed by atoms with Gasteiger partial charge in [0.2, 0.25) is 17.6 Å². The number of amides is 1. The first-order valence-corrected chi connectivity index (χ1v) is 10.0. The van der Waals surface area contributed by atoms with E-state index in [0.29, 0.717) is 29.6 Å². The molecule has 160 valence electrons. The molecule has 2 aromatic heterocycles. The van der Waals surface area contributed by atoms with Crippen LogP contribution >= 0.6 is 0 Å². The topological polar surface area (TPSA) is 127 Å². The van der Waals surface area contributed by atoms with Crippen molar-refractivity contribution >= 4 is 17.4 Å². The summed E-state index contributed by atoms with van der Waals surface area (Å²) in [6, 6.07) is 9.84. The summed E-state index contributed by atoms with van der Waals surface area (Å²) in [5.74, 6) is 1.24. The van der Waals surface area contributed by atoms with Crippen molar-refractivity contribution in [2.24, 2.45) is 5.92 Å². The molecule has 0 radical (unpaired) electrons. The van der Waals surface area contributed by atoms with Gasteiger partial charge in [-0.1, -0.05) is 23.4 Å². The Bertz CT molecular complexity index is 1070. The lowest BCUT2D eigenvalue weighted by molar-refractivity contribution is -0.384. The van der Waals surface area contributed by atoms with Crippen LogP contribution in [0.1, 0.15) is 24.3 Å². The number of likely N-dealkylation sites (tertiary alicyclic amines) is 1. The maximum absolute atomic E-state index is 12.5. The number of anilines is 1. The second kappa shape index (κ2) is 9.00. The molecule has 31 heavy (non-hydrogen) atoms. The average molecular weight is 422 g/mol. The maximum Gasteiger partial charge on any atom is 0.270 e. The van der Waals surface area contributed by atoms with Crippen molar-refractivity contribution in [3.05, 3.63) is 64.2 Å². The molecular formula is C21H22N6O4. The predicted molar refractivity (Wildman–Crippen MR) is 112 cm³/mol. The van der Waals surface area contributed by atoms with Crippen LogP contribution in [0, 0.1) is 23.0 Å². The minimum atomic E-state index is -0.459. The monoisotopic (exact) mass is 422 g/mol. The molecule has 1 aliphatic rings. The molecule has 0 aliphatic carbocycles. The first kappa shape index (κ1) is 20.6. The molecule has 1 N–H and O–H groups in total. The molecule has 10 nitrogen and oxygen atoms in total. The number of nitrogens with one attached hydrogen (secondary N) is 1. The number of nitro benzene ring substituents is 1. The molecule has 0 bridgehead atoms. The lowest BCUT2D eigenvalue weighted by atomic mass is 9.96. The van der Waals surface area contributed by atoms with Crippen molar-refractivity contribution in [3.63, 3.8) is 0 Å². The molecule has 1 aliphatic heterocycles. The zero-order chi connectivity index (χ0) is 21.8. The number of aryl methyl sites for hydroxylation is 1. The van der Waals surface area contributed by atoms with E-state index in [9.17, 15) is 14.9 Å². The highest BCUT2D eigenvalue weighted by molar-refractivity contribution is 5.91. The van der Waals surface area contributed by atoms with E-state index in [1.54, 1.807) is 24.4 Å². The zero-order valence-electron chi connectivity index (χ0n) is 17.0. The molecule has 0 unspecified atom stereocenters. The normalized spacial score (nSPS) is 15.0. The number of aromatic nitrogens is 3. The Morgan fingerprint density at radius 2 is 2.10 bits per heavy atom. The van der Waals surface area contributed by atoms with Gasteiger partial charge in [-0.3, -0.25) is 19.8 Å². The van der Waals surface area contributed by atoms with Crippen molar-refractivity contribution in [2.75, 3.05) is 18.4 Å². The molecule has 4 rings (SSSR count). The number of nitro groups is 1. The Balaban J connectivity index is 1.30. The van der Waals surface area contributed by atoms with Gasteiger partial charge in [-0.25, -0.2) is 4.98 Å². The van der Waals surface area contributed by atoms with Gasteiger partial charge < -0.3 is 9.84 Å². The van der Waals surface area contributed by atoms with Gasteiger partial charge in [0.15, 0.2) is 0 Å². The van der Waals surface area contributed by atoms with E-state index < -0.39 is 4.92 Å². The summed E-state index contributed by atoms with van der Waals surface area (Å²) < 4.78 is 5.32. The zero-order valence-corrected chi connectivity index (χ0v) is 17.0. The van der Waals surface area contributed by atoms with Crippen LogP contribution in [-0.2, 0) is 11.3 Å². The van der Waals surface area contributed by atoms with Crippen molar-refractivity contribution < 1.29 is 14.2 Å². The van der Waals surface area contributed by atoms with Gasteiger partial charge in [-0.2, -0.15) is 4.98 Å². The number of piperidine rings is 1. The third-order valence-corrected chi connectivity index (χ3v) is 5.26. The van der Waals surface area contributed by atoms with Gasteiger partial charge in [0.1, 0.15) is 5.82 Å². The number of hydrogen-bond acceptors (Lipinski definition) is 8. The van der Waals surface area contributed by atoms with Crippen LogP contribution in [0.4, 0.5) is 11.5 Å². The molecule has 0 saturated carbocycles. The number of nitrogens with zero attached hydrogens (tertiary/aromatic N) is 5. The highest BCUT2D eigenvalue weighted by Crippen LogP contribution is 2.23. The summed E-state index contributed by atoms with van der Waals surface area (Å²) in [4.78, 5) is 33.7. The van der Waals surface area contributed by atoms with E-state index in [0.717, 1.165) is 31.5 Å². The average Bonchev–Trinajstić information content (AvgIpc) is 3.24. The molecular weight excluding hydrogens is 400 g/mol. The largest absolute Gasteiger partial charge is 0.338 e. The molecule has 0 spiro atoms. The second-order valence-electron chi connectivity index (χ2n) is 7.58.